The molecule has 0 aromatic carbocycles. The van der Waals surface area contributed by atoms with Gasteiger partial charge in [-0.2, -0.15) is 0 Å². The van der Waals surface area contributed by atoms with Gasteiger partial charge in [0, 0.05) is 17.3 Å². The molecular weight excluding hydrogens is 384 g/mol. The quantitative estimate of drug-likeness (QED) is 0.686. The standard InChI is InChI=1S/C24H30O6/c1-13-10-17-16-5-4-14-11-15(25)8-9-21(14,2)24(16)19(30-24)12-22(17,3)23(13,29)18(26)6-7-20(27)28/h8-9,11,13,16-17,19,29H,4-7,10,12H2,1-3H3,(H,27,28)/t13-,16-,17-,19-,21-,22-,23-,24+/m0/s1. The van der Waals surface area contributed by atoms with Crippen LogP contribution in [0.4, 0.5) is 0 Å². The summed E-state index contributed by atoms with van der Waals surface area (Å²) >= 11 is 0. The molecule has 5 aliphatic rings. The average molecular weight is 414 g/mol. The molecule has 1 spiro atoms. The van der Waals surface area contributed by atoms with E-state index in [1.165, 1.54) is 0 Å². The molecular formula is C24H30O6. The van der Waals surface area contributed by atoms with Gasteiger partial charge in [-0.1, -0.05) is 25.5 Å². The summed E-state index contributed by atoms with van der Waals surface area (Å²) in [6, 6.07) is 0. The van der Waals surface area contributed by atoms with Crippen molar-refractivity contribution in [3.05, 3.63) is 23.8 Å². The third kappa shape index (κ3) is 2.14. The molecule has 3 saturated carbocycles. The summed E-state index contributed by atoms with van der Waals surface area (Å²) in [7, 11) is 0. The minimum absolute atomic E-state index is 0.0306. The predicted molar refractivity (Wildman–Crippen MR) is 107 cm³/mol. The lowest BCUT2D eigenvalue weighted by Crippen LogP contribution is -2.62. The second-order valence-corrected chi connectivity index (χ2v) is 10.6. The highest BCUT2D eigenvalue weighted by Gasteiger charge is 2.81. The maximum Gasteiger partial charge on any atom is 0.303 e. The first-order valence-electron chi connectivity index (χ1n) is 11.1. The maximum absolute atomic E-state index is 13.1. The Labute approximate surface area is 176 Å². The zero-order valence-corrected chi connectivity index (χ0v) is 17.8. The van der Waals surface area contributed by atoms with Crippen molar-refractivity contribution < 1.29 is 29.3 Å². The van der Waals surface area contributed by atoms with Gasteiger partial charge in [0.1, 0.15) is 11.2 Å². The molecule has 0 amide bonds. The highest BCUT2D eigenvalue weighted by Crippen LogP contribution is 2.76. The zero-order valence-electron chi connectivity index (χ0n) is 17.8. The van der Waals surface area contributed by atoms with E-state index in [4.69, 9.17) is 9.84 Å². The molecule has 1 aliphatic heterocycles. The Hall–Kier alpha value is -1.79. The number of ketones is 2. The number of aliphatic hydroxyl groups is 1. The lowest BCUT2D eigenvalue weighted by Gasteiger charge is -2.55. The van der Waals surface area contributed by atoms with E-state index in [0.29, 0.717) is 6.42 Å². The van der Waals surface area contributed by atoms with Crippen LogP contribution < -0.4 is 0 Å². The minimum atomic E-state index is -1.53. The van der Waals surface area contributed by atoms with E-state index in [-0.39, 0.29) is 59.3 Å². The first-order valence-corrected chi connectivity index (χ1v) is 11.1. The number of carboxylic acids is 1. The van der Waals surface area contributed by atoms with Gasteiger partial charge in [-0.05, 0) is 62.5 Å². The van der Waals surface area contributed by atoms with Crippen LogP contribution in [0.5, 0.6) is 0 Å². The number of hydrogen-bond acceptors (Lipinski definition) is 5. The molecule has 162 valence electrons. The van der Waals surface area contributed by atoms with Gasteiger partial charge < -0.3 is 14.9 Å². The first kappa shape index (κ1) is 20.1. The van der Waals surface area contributed by atoms with Gasteiger partial charge in [-0.25, -0.2) is 0 Å². The third-order valence-electron chi connectivity index (χ3n) is 9.51. The van der Waals surface area contributed by atoms with Crippen molar-refractivity contribution in [1.82, 2.24) is 0 Å². The van der Waals surface area contributed by atoms with Gasteiger partial charge in [0.25, 0.3) is 0 Å². The molecule has 30 heavy (non-hydrogen) atoms. The molecule has 6 heteroatoms. The molecule has 0 unspecified atom stereocenters. The van der Waals surface area contributed by atoms with E-state index in [1.54, 1.807) is 12.2 Å². The molecule has 1 heterocycles. The Bertz CT molecular complexity index is 919. The summed E-state index contributed by atoms with van der Waals surface area (Å²) < 4.78 is 6.47. The van der Waals surface area contributed by atoms with E-state index in [1.807, 2.05) is 19.9 Å². The van der Waals surface area contributed by atoms with Gasteiger partial charge in [0.2, 0.25) is 0 Å². The van der Waals surface area contributed by atoms with Crippen molar-refractivity contribution in [1.29, 1.82) is 0 Å². The Morgan fingerprint density at radius 2 is 1.97 bits per heavy atom. The SMILES string of the molecule is C[C@H]1C[C@H]2[C@@H]3CCC4=CC(=O)C=C[C@]4(C)[C@@]34O[C@H]4C[C@]2(C)[C@@]1(O)C(=O)CCC(=O)O. The lowest BCUT2D eigenvalue weighted by molar-refractivity contribution is -0.164. The van der Waals surface area contributed by atoms with Gasteiger partial charge in [0.05, 0.1) is 12.5 Å². The monoisotopic (exact) mass is 414 g/mol. The summed E-state index contributed by atoms with van der Waals surface area (Å²) in [4.78, 5) is 36.1. The number of carbonyl (C=O) groups is 3. The normalized spacial score (nSPS) is 50.7. The van der Waals surface area contributed by atoms with Gasteiger partial charge >= 0.3 is 5.97 Å². The number of hydrogen-bond donors (Lipinski definition) is 2. The van der Waals surface area contributed by atoms with Crippen molar-refractivity contribution in [2.75, 3.05) is 0 Å². The van der Waals surface area contributed by atoms with Crippen molar-refractivity contribution in [2.45, 2.75) is 76.6 Å². The number of rotatable bonds is 4. The molecule has 0 bridgehead atoms. The van der Waals surface area contributed by atoms with Crippen LogP contribution in [0.15, 0.2) is 23.8 Å². The van der Waals surface area contributed by atoms with Crippen LogP contribution in [0.2, 0.25) is 0 Å². The fourth-order valence-corrected chi connectivity index (χ4v) is 7.99. The second-order valence-electron chi connectivity index (χ2n) is 10.6. The topological polar surface area (TPSA) is 104 Å². The van der Waals surface area contributed by atoms with E-state index in [2.05, 4.69) is 6.92 Å². The highest BCUT2D eigenvalue weighted by molar-refractivity contribution is 6.01. The number of aliphatic carboxylic acids is 1. The van der Waals surface area contributed by atoms with Crippen molar-refractivity contribution >= 4 is 17.5 Å². The molecule has 4 aliphatic carbocycles. The maximum atomic E-state index is 13.1. The number of Topliss-reactive ketones (excluding diaryl/α,β-unsaturated/α-hetero) is 1. The molecule has 1 saturated heterocycles. The Morgan fingerprint density at radius 3 is 2.67 bits per heavy atom. The molecule has 0 radical (unpaired) electrons. The molecule has 0 aromatic rings. The Balaban J connectivity index is 1.52. The van der Waals surface area contributed by atoms with Gasteiger partial charge in [0.15, 0.2) is 11.6 Å². The first-order chi connectivity index (χ1) is 14.0. The van der Waals surface area contributed by atoms with Gasteiger partial charge in [-0.3, -0.25) is 14.4 Å². The van der Waals surface area contributed by atoms with Crippen LogP contribution in [0.25, 0.3) is 0 Å². The minimum Gasteiger partial charge on any atom is -0.481 e. The van der Waals surface area contributed by atoms with Crippen LogP contribution in [0, 0.1) is 28.6 Å². The van der Waals surface area contributed by atoms with Crippen LogP contribution in [0.3, 0.4) is 0 Å². The number of epoxide rings is 1. The number of carboxylic acid groups (broad SMARTS) is 1. The number of fused-ring (bicyclic) bond motifs is 3. The summed E-state index contributed by atoms with van der Waals surface area (Å²) in [5.74, 6) is -1.24. The van der Waals surface area contributed by atoms with E-state index in [0.717, 1.165) is 24.8 Å². The number of ether oxygens (including phenoxy) is 1. The zero-order chi connectivity index (χ0) is 21.7. The Kier molecular flexibility index (Phi) is 3.97. The Morgan fingerprint density at radius 1 is 1.23 bits per heavy atom. The molecule has 5 rings (SSSR count). The molecule has 8 atom stereocenters. The van der Waals surface area contributed by atoms with Crippen molar-refractivity contribution in [3.8, 4) is 0 Å². The fourth-order valence-electron chi connectivity index (χ4n) is 7.99. The fraction of sp³-hybridized carbons (Fsp3) is 0.708. The summed E-state index contributed by atoms with van der Waals surface area (Å²) in [6.07, 6.45) is 7.97. The number of carbonyl (C=O) groups excluding carboxylic acids is 2. The summed E-state index contributed by atoms with van der Waals surface area (Å²) in [6.45, 7) is 6.11. The highest BCUT2D eigenvalue weighted by atomic mass is 16.6. The average Bonchev–Trinajstić information content (AvgIpc) is 3.36. The lowest BCUT2D eigenvalue weighted by atomic mass is 9.46. The van der Waals surface area contributed by atoms with Crippen LogP contribution >= 0.6 is 0 Å². The van der Waals surface area contributed by atoms with Gasteiger partial charge in [-0.15, -0.1) is 0 Å². The van der Waals surface area contributed by atoms with E-state index >= 15 is 0 Å². The van der Waals surface area contributed by atoms with Crippen molar-refractivity contribution in [2.24, 2.45) is 28.6 Å². The second kappa shape index (κ2) is 5.92. The van der Waals surface area contributed by atoms with Crippen LogP contribution in [-0.4, -0.2) is 45.1 Å². The predicted octanol–water partition coefficient (Wildman–Crippen LogP) is 2.84. The van der Waals surface area contributed by atoms with E-state index < -0.39 is 17.0 Å². The number of allylic oxidation sites excluding steroid dienone is 2. The van der Waals surface area contributed by atoms with Crippen molar-refractivity contribution in [3.63, 3.8) is 0 Å². The third-order valence-corrected chi connectivity index (χ3v) is 9.51. The molecule has 2 N–H and O–H groups in total. The van der Waals surface area contributed by atoms with Crippen LogP contribution in [0.1, 0.15) is 59.3 Å². The summed E-state index contributed by atoms with van der Waals surface area (Å²) in [5.41, 5.74) is -1.72. The largest absolute Gasteiger partial charge is 0.481 e. The molecule has 4 fully saturated rings. The molecule has 6 nitrogen and oxygen atoms in total. The summed E-state index contributed by atoms with van der Waals surface area (Å²) in [5, 5.41) is 20.8. The smallest absolute Gasteiger partial charge is 0.303 e. The van der Waals surface area contributed by atoms with Crippen LogP contribution in [-0.2, 0) is 19.1 Å². The van der Waals surface area contributed by atoms with E-state index in [9.17, 15) is 19.5 Å². The molecule has 0 aromatic heterocycles.